The van der Waals surface area contributed by atoms with Crippen LogP contribution in [0.4, 0.5) is 0 Å². The molecule has 7 rings (SSSR count). The Morgan fingerprint density at radius 1 is 0.238 bits per heavy atom. The third-order valence-electron chi connectivity index (χ3n) is 10.2. The molecule has 7 aromatic carbocycles. The highest BCUT2D eigenvalue weighted by atomic mass is 32.2. The van der Waals surface area contributed by atoms with Gasteiger partial charge in [-0.25, -0.2) is 0 Å². The lowest BCUT2D eigenvalue weighted by molar-refractivity contribution is 0.217. The fourth-order valence-electron chi connectivity index (χ4n) is 6.74. The van der Waals surface area contributed by atoms with E-state index in [0.29, 0.717) is 39.6 Å². The molecule has 0 atom stereocenters. The molecular weight excluding hydrogens is 841 g/mol. The maximum atomic E-state index is 6.07. The van der Waals surface area contributed by atoms with E-state index in [-0.39, 0.29) is 32.7 Å². The van der Waals surface area contributed by atoms with Crippen LogP contribution in [0.5, 0.6) is 34.5 Å². The van der Waals surface area contributed by atoms with E-state index in [9.17, 15) is 0 Å². The molecule has 0 heterocycles. The molecule has 9 heteroatoms. The molecule has 63 heavy (non-hydrogen) atoms. The highest BCUT2D eigenvalue weighted by Crippen LogP contribution is 2.35. The average molecular weight is 898 g/mol. The first-order valence-corrected chi connectivity index (χ1v) is 27.1. The van der Waals surface area contributed by atoms with E-state index in [1.165, 1.54) is 14.7 Å². The molecule has 0 spiro atoms. The fraction of sp³-hybridized carbons (Fsp3) is 0.222. The van der Waals surface area contributed by atoms with Crippen LogP contribution in [0.1, 0.15) is 0 Å². The molecule has 0 aliphatic heterocycles. The highest BCUT2D eigenvalue weighted by Gasteiger charge is 2.12. The summed E-state index contributed by atoms with van der Waals surface area (Å²) in [6.07, 6.45) is 13.3. The summed E-state index contributed by atoms with van der Waals surface area (Å²) in [6.45, 7) is 2.74. The monoisotopic (exact) mass is 897 g/mol. The van der Waals surface area contributed by atoms with Gasteiger partial charge in [-0.3, -0.25) is 0 Å². The van der Waals surface area contributed by atoms with Crippen molar-refractivity contribution in [1.29, 1.82) is 0 Å². The van der Waals surface area contributed by atoms with E-state index >= 15 is 0 Å². The van der Waals surface area contributed by atoms with Crippen molar-refractivity contribution in [2.75, 3.05) is 77.2 Å². The second-order valence-electron chi connectivity index (χ2n) is 15.3. The highest BCUT2D eigenvalue weighted by molar-refractivity contribution is 7.96. The Bertz CT molecular complexity index is 2160. The lowest BCUT2D eigenvalue weighted by Gasteiger charge is -2.14. The van der Waals surface area contributed by atoms with E-state index in [0.717, 1.165) is 67.9 Å². The molecule has 7 aromatic rings. The molecule has 0 aromatic heterocycles. The Balaban J connectivity index is 1.01. The molecule has 0 saturated heterocycles. The zero-order valence-electron chi connectivity index (χ0n) is 37.0. The molecule has 0 bridgehead atoms. The lowest BCUT2D eigenvalue weighted by atomic mass is 9.93. The summed E-state index contributed by atoms with van der Waals surface area (Å²) in [5, 5.41) is 0. The van der Waals surface area contributed by atoms with Crippen molar-refractivity contribution in [3.05, 3.63) is 164 Å². The van der Waals surface area contributed by atoms with Gasteiger partial charge in [-0.15, -0.1) is 0 Å². The van der Waals surface area contributed by atoms with Crippen LogP contribution in [0.2, 0.25) is 0 Å². The maximum absolute atomic E-state index is 6.07. The average Bonchev–Trinajstić information content (AvgIpc) is 3.31. The number of benzene rings is 7. The number of hydrogen-bond acceptors (Lipinski definition) is 6. The minimum atomic E-state index is 0.228. The third-order valence-corrected chi connectivity index (χ3v) is 13.9. The minimum absolute atomic E-state index is 0.228. The van der Waals surface area contributed by atoms with Gasteiger partial charge in [-0.1, -0.05) is 36.4 Å². The standard InChI is InChI=1S/C54H57O6S3/c1-61(2)52-25-19-49(20-26-52)58-34-31-55-46-13-7-40(8-14-46)43-37-44(41-9-15-47(16-10-41)56-32-35-59-50-21-27-53(28-22-50)62(3)4)39-45(38-43)42-11-17-48(18-12-42)57-33-36-60-51-23-29-54(30-24-51)63(5)6/h7-30,37-39H,31-36H2,1-6H3/q+3. The predicted octanol–water partition coefficient (Wildman–Crippen LogP) is 11.8. The summed E-state index contributed by atoms with van der Waals surface area (Å²) in [5.41, 5.74) is 6.56. The number of ether oxygens (including phenoxy) is 6. The van der Waals surface area contributed by atoms with E-state index in [1.54, 1.807) is 0 Å². The first kappa shape index (κ1) is 45.4. The maximum Gasteiger partial charge on any atom is 0.154 e. The van der Waals surface area contributed by atoms with Crippen molar-refractivity contribution in [3.8, 4) is 67.9 Å². The molecule has 0 amide bonds. The van der Waals surface area contributed by atoms with Crippen LogP contribution in [0.15, 0.2) is 178 Å². The van der Waals surface area contributed by atoms with Gasteiger partial charge in [0.2, 0.25) is 0 Å². The summed E-state index contributed by atoms with van der Waals surface area (Å²) >= 11 is 0. The van der Waals surface area contributed by atoms with Crippen LogP contribution >= 0.6 is 0 Å². The van der Waals surface area contributed by atoms with Gasteiger partial charge >= 0.3 is 0 Å². The summed E-state index contributed by atoms with van der Waals surface area (Å²) in [6, 6.07) is 56.5. The van der Waals surface area contributed by atoms with Crippen molar-refractivity contribution in [2.24, 2.45) is 0 Å². The summed E-state index contributed by atoms with van der Waals surface area (Å²) in [7, 11) is 0.684. The normalized spacial score (nSPS) is 11.2. The van der Waals surface area contributed by atoms with Crippen LogP contribution in [0.3, 0.4) is 0 Å². The van der Waals surface area contributed by atoms with Crippen molar-refractivity contribution >= 4 is 32.7 Å². The third kappa shape index (κ3) is 13.4. The van der Waals surface area contributed by atoms with Crippen molar-refractivity contribution in [1.82, 2.24) is 0 Å². The Hall–Kier alpha value is -5.61. The van der Waals surface area contributed by atoms with Crippen molar-refractivity contribution in [2.45, 2.75) is 14.7 Å². The van der Waals surface area contributed by atoms with E-state index in [4.69, 9.17) is 28.4 Å². The van der Waals surface area contributed by atoms with Crippen LogP contribution in [0, 0.1) is 0 Å². The summed E-state index contributed by atoms with van der Waals surface area (Å²) in [5.74, 6) is 4.95. The Morgan fingerprint density at radius 3 is 0.587 bits per heavy atom. The van der Waals surface area contributed by atoms with Gasteiger partial charge in [0.05, 0.1) is 0 Å². The van der Waals surface area contributed by atoms with E-state index < -0.39 is 0 Å². The van der Waals surface area contributed by atoms with Gasteiger partial charge in [-0.2, -0.15) is 0 Å². The quantitative estimate of drug-likeness (QED) is 0.0529. The number of rotatable bonds is 21. The molecule has 0 fully saturated rings. The predicted molar refractivity (Wildman–Crippen MR) is 267 cm³/mol. The van der Waals surface area contributed by atoms with Crippen molar-refractivity contribution < 1.29 is 28.4 Å². The second kappa shape index (κ2) is 22.7. The van der Waals surface area contributed by atoms with Gasteiger partial charge in [0.25, 0.3) is 0 Å². The van der Waals surface area contributed by atoms with Gasteiger partial charge in [0.15, 0.2) is 14.7 Å². The summed E-state index contributed by atoms with van der Waals surface area (Å²) in [4.78, 5) is 3.97. The van der Waals surface area contributed by atoms with E-state index in [2.05, 4.69) is 129 Å². The SMILES string of the molecule is C[S+](C)c1ccc(OCCOc2ccc(-c3cc(-c4ccc(OCCOc5ccc([S+](C)C)cc5)cc4)cc(-c4ccc(OCCOc5ccc([S+](C)C)cc5)cc4)c3)cc2)cc1. The van der Waals surface area contributed by atoms with Crippen LogP contribution in [-0.4, -0.2) is 77.2 Å². The second-order valence-corrected chi connectivity index (χ2v) is 21.6. The first-order valence-electron chi connectivity index (χ1n) is 20.9. The van der Waals surface area contributed by atoms with Crippen LogP contribution in [0.25, 0.3) is 33.4 Å². The molecule has 324 valence electrons. The number of hydrogen-bond donors (Lipinski definition) is 0. The van der Waals surface area contributed by atoms with Crippen LogP contribution in [-0.2, 0) is 32.7 Å². The molecule has 0 unspecified atom stereocenters. The molecule has 6 nitrogen and oxygen atoms in total. The minimum Gasteiger partial charge on any atom is -0.490 e. The molecular formula is C54H57O6S3+3. The van der Waals surface area contributed by atoms with Gasteiger partial charge in [0, 0.05) is 32.7 Å². The zero-order valence-corrected chi connectivity index (χ0v) is 39.5. The lowest BCUT2D eigenvalue weighted by Crippen LogP contribution is -2.09. The topological polar surface area (TPSA) is 55.4 Å². The molecule has 0 saturated carbocycles. The van der Waals surface area contributed by atoms with Gasteiger partial charge in [-0.05, 0) is 161 Å². The molecule has 0 radical (unpaired) electrons. The smallest absolute Gasteiger partial charge is 0.154 e. The molecule has 0 aliphatic carbocycles. The zero-order chi connectivity index (χ0) is 44.0. The summed E-state index contributed by atoms with van der Waals surface area (Å²) < 4.78 is 36.0. The molecule has 0 N–H and O–H groups in total. The Labute approximate surface area is 382 Å². The fourth-order valence-corrected chi connectivity index (χ4v) is 8.78. The largest absolute Gasteiger partial charge is 0.490 e. The van der Waals surface area contributed by atoms with Gasteiger partial charge < -0.3 is 28.4 Å². The molecule has 0 aliphatic rings. The van der Waals surface area contributed by atoms with Crippen LogP contribution < -0.4 is 28.4 Å². The van der Waals surface area contributed by atoms with Gasteiger partial charge in [0.1, 0.15) is 112 Å². The van der Waals surface area contributed by atoms with Crippen molar-refractivity contribution in [3.63, 3.8) is 0 Å². The Kier molecular flexibility index (Phi) is 16.3. The first-order chi connectivity index (χ1) is 30.7. The van der Waals surface area contributed by atoms with E-state index in [1.807, 2.05) is 72.8 Å². The Morgan fingerprint density at radius 2 is 0.413 bits per heavy atom.